The molecule has 1 aliphatic rings. The summed E-state index contributed by atoms with van der Waals surface area (Å²) in [5, 5.41) is 6.94. The molecule has 2 aromatic carbocycles. The highest BCUT2D eigenvalue weighted by atomic mass is 15.2. The minimum Gasteiger partial charge on any atom is -0.381 e. The molecule has 23 heavy (non-hydrogen) atoms. The van der Waals surface area contributed by atoms with Gasteiger partial charge in [0.05, 0.1) is 0 Å². The number of benzene rings is 2. The van der Waals surface area contributed by atoms with E-state index in [9.17, 15) is 0 Å². The van der Waals surface area contributed by atoms with Gasteiger partial charge in [-0.25, -0.2) is 0 Å². The SMILES string of the molecule is CC[C@@H](c1ccc(NCc2ccccc2)cc1)N1CCNCC1. The van der Waals surface area contributed by atoms with Crippen molar-refractivity contribution < 1.29 is 0 Å². The lowest BCUT2D eigenvalue weighted by Crippen LogP contribution is -2.45. The van der Waals surface area contributed by atoms with Gasteiger partial charge >= 0.3 is 0 Å². The average Bonchev–Trinajstić information content (AvgIpc) is 2.63. The number of piperazine rings is 1. The molecule has 1 aliphatic heterocycles. The molecule has 1 saturated heterocycles. The monoisotopic (exact) mass is 309 g/mol. The lowest BCUT2D eigenvalue weighted by atomic mass is 10.0. The van der Waals surface area contributed by atoms with Gasteiger partial charge in [-0.15, -0.1) is 0 Å². The Morgan fingerprint density at radius 3 is 2.35 bits per heavy atom. The number of hydrogen-bond donors (Lipinski definition) is 2. The molecule has 1 atom stereocenters. The molecule has 3 rings (SSSR count). The van der Waals surface area contributed by atoms with Crippen LogP contribution in [0.5, 0.6) is 0 Å². The highest BCUT2D eigenvalue weighted by molar-refractivity contribution is 5.45. The molecule has 0 amide bonds. The van der Waals surface area contributed by atoms with E-state index in [1.54, 1.807) is 0 Å². The quantitative estimate of drug-likeness (QED) is 0.853. The summed E-state index contributed by atoms with van der Waals surface area (Å²) in [6, 6.07) is 20.1. The minimum absolute atomic E-state index is 0.542. The second-order valence-corrected chi connectivity index (χ2v) is 6.17. The fourth-order valence-electron chi connectivity index (χ4n) is 3.32. The Morgan fingerprint density at radius 1 is 1.00 bits per heavy atom. The molecule has 3 nitrogen and oxygen atoms in total. The van der Waals surface area contributed by atoms with E-state index in [1.165, 1.54) is 16.8 Å². The van der Waals surface area contributed by atoms with Crippen LogP contribution >= 0.6 is 0 Å². The molecule has 0 saturated carbocycles. The maximum atomic E-state index is 3.50. The van der Waals surface area contributed by atoms with E-state index in [2.05, 4.69) is 77.1 Å². The molecule has 2 aromatic rings. The van der Waals surface area contributed by atoms with Crippen LogP contribution in [0.1, 0.15) is 30.5 Å². The topological polar surface area (TPSA) is 27.3 Å². The summed E-state index contributed by atoms with van der Waals surface area (Å²) in [4.78, 5) is 2.60. The van der Waals surface area contributed by atoms with Gasteiger partial charge in [0.15, 0.2) is 0 Å². The lowest BCUT2D eigenvalue weighted by Gasteiger charge is -2.34. The Morgan fingerprint density at radius 2 is 1.70 bits per heavy atom. The first-order valence-electron chi connectivity index (χ1n) is 8.69. The summed E-state index contributed by atoms with van der Waals surface area (Å²) < 4.78 is 0. The molecule has 0 aliphatic carbocycles. The van der Waals surface area contributed by atoms with Crippen molar-refractivity contribution in [2.45, 2.75) is 25.9 Å². The van der Waals surface area contributed by atoms with Crippen LogP contribution in [0.15, 0.2) is 54.6 Å². The molecule has 0 aromatic heterocycles. The summed E-state index contributed by atoms with van der Waals surface area (Å²) in [5.74, 6) is 0. The Bertz CT molecular complexity index is 574. The van der Waals surface area contributed by atoms with E-state index in [4.69, 9.17) is 0 Å². The van der Waals surface area contributed by atoms with E-state index >= 15 is 0 Å². The second-order valence-electron chi connectivity index (χ2n) is 6.17. The highest BCUT2D eigenvalue weighted by Gasteiger charge is 2.20. The van der Waals surface area contributed by atoms with Gasteiger partial charge in [0.2, 0.25) is 0 Å². The van der Waals surface area contributed by atoms with Crippen LogP contribution in [-0.2, 0) is 6.54 Å². The zero-order valence-corrected chi connectivity index (χ0v) is 14.0. The first-order chi connectivity index (χ1) is 11.4. The summed E-state index contributed by atoms with van der Waals surface area (Å²) in [6.07, 6.45) is 1.16. The zero-order valence-electron chi connectivity index (χ0n) is 14.0. The van der Waals surface area contributed by atoms with Crippen LogP contribution in [0, 0.1) is 0 Å². The van der Waals surface area contributed by atoms with Crippen LogP contribution in [0.4, 0.5) is 5.69 Å². The van der Waals surface area contributed by atoms with Crippen molar-refractivity contribution in [2.75, 3.05) is 31.5 Å². The summed E-state index contributed by atoms with van der Waals surface area (Å²) >= 11 is 0. The molecule has 2 N–H and O–H groups in total. The van der Waals surface area contributed by atoms with Crippen molar-refractivity contribution in [3.05, 3.63) is 65.7 Å². The normalized spacial score (nSPS) is 16.9. The van der Waals surface area contributed by atoms with E-state index in [0.29, 0.717) is 6.04 Å². The molecule has 1 fully saturated rings. The predicted octanol–water partition coefficient (Wildman–Crippen LogP) is 3.66. The minimum atomic E-state index is 0.542. The average molecular weight is 309 g/mol. The van der Waals surface area contributed by atoms with Gasteiger partial charge in [0.1, 0.15) is 0 Å². The molecular formula is C20H27N3. The third-order valence-corrected chi connectivity index (χ3v) is 4.61. The molecule has 3 heteroatoms. The van der Waals surface area contributed by atoms with Crippen molar-refractivity contribution in [2.24, 2.45) is 0 Å². The number of nitrogens with one attached hydrogen (secondary N) is 2. The van der Waals surface area contributed by atoms with Crippen LogP contribution in [-0.4, -0.2) is 31.1 Å². The molecule has 1 heterocycles. The summed E-state index contributed by atoms with van der Waals surface area (Å²) in [5.41, 5.74) is 3.93. The molecule has 0 unspecified atom stereocenters. The Labute approximate surface area is 139 Å². The molecular weight excluding hydrogens is 282 g/mol. The van der Waals surface area contributed by atoms with E-state index in [1.807, 2.05) is 0 Å². The maximum Gasteiger partial charge on any atom is 0.0400 e. The van der Waals surface area contributed by atoms with Crippen LogP contribution in [0.3, 0.4) is 0 Å². The van der Waals surface area contributed by atoms with Gasteiger partial charge in [0.25, 0.3) is 0 Å². The zero-order chi connectivity index (χ0) is 15.9. The summed E-state index contributed by atoms with van der Waals surface area (Å²) in [6.45, 7) is 7.66. The molecule has 0 radical (unpaired) electrons. The maximum absolute atomic E-state index is 3.50. The van der Waals surface area contributed by atoms with Gasteiger partial charge in [-0.3, -0.25) is 4.90 Å². The third-order valence-electron chi connectivity index (χ3n) is 4.61. The van der Waals surface area contributed by atoms with E-state index < -0.39 is 0 Å². The largest absolute Gasteiger partial charge is 0.381 e. The number of rotatable bonds is 6. The van der Waals surface area contributed by atoms with Crippen molar-refractivity contribution in [1.82, 2.24) is 10.2 Å². The number of hydrogen-bond acceptors (Lipinski definition) is 3. The van der Waals surface area contributed by atoms with Crippen LogP contribution in [0.2, 0.25) is 0 Å². The van der Waals surface area contributed by atoms with Gasteiger partial charge < -0.3 is 10.6 Å². The Kier molecular flexibility index (Phi) is 5.67. The fraction of sp³-hybridized carbons (Fsp3) is 0.400. The van der Waals surface area contributed by atoms with Gasteiger partial charge in [-0.1, -0.05) is 49.4 Å². The number of nitrogens with zero attached hydrogens (tertiary/aromatic N) is 1. The van der Waals surface area contributed by atoms with Crippen molar-refractivity contribution in [3.8, 4) is 0 Å². The second kappa shape index (κ2) is 8.14. The third kappa shape index (κ3) is 4.34. The van der Waals surface area contributed by atoms with Crippen molar-refractivity contribution in [1.29, 1.82) is 0 Å². The van der Waals surface area contributed by atoms with Gasteiger partial charge in [-0.05, 0) is 29.7 Å². The first kappa shape index (κ1) is 16.0. The molecule has 0 spiro atoms. The van der Waals surface area contributed by atoms with Crippen LogP contribution in [0.25, 0.3) is 0 Å². The molecule has 122 valence electrons. The predicted molar refractivity (Wildman–Crippen MR) is 97.7 cm³/mol. The lowest BCUT2D eigenvalue weighted by molar-refractivity contribution is 0.169. The fourth-order valence-corrected chi connectivity index (χ4v) is 3.32. The van der Waals surface area contributed by atoms with E-state index in [-0.39, 0.29) is 0 Å². The Balaban J connectivity index is 1.61. The smallest absolute Gasteiger partial charge is 0.0400 e. The van der Waals surface area contributed by atoms with Gasteiger partial charge in [0, 0.05) is 44.5 Å². The van der Waals surface area contributed by atoms with E-state index in [0.717, 1.165) is 39.1 Å². The van der Waals surface area contributed by atoms with Crippen molar-refractivity contribution >= 4 is 5.69 Å². The molecule has 0 bridgehead atoms. The number of anilines is 1. The van der Waals surface area contributed by atoms with Crippen LogP contribution < -0.4 is 10.6 Å². The standard InChI is InChI=1S/C20H27N3/c1-2-20(23-14-12-21-13-15-23)18-8-10-19(11-9-18)22-16-17-6-4-3-5-7-17/h3-11,20-22H,2,12-16H2,1H3/t20-/m0/s1. The highest BCUT2D eigenvalue weighted by Crippen LogP contribution is 2.25. The first-order valence-corrected chi connectivity index (χ1v) is 8.69. The van der Waals surface area contributed by atoms with Crippen molar-refractivity contribution in [3.63, 3.8) is 0 Å². The Hall–Kier alpha value is -1.84. The van der Waals surface area contributed by atoms with Gasteiger partial charge in [-0.2, -0.15) is 0 Å². The summed E-state index contributed by atoms with van der Waals surface area (Å²) in [7, 11) is 0.